The van der Waals surface area contributed by atoms with Crippen LogP contribution in [0.1, 0.15) is 52.4 Å². The van der Waals surface area contributed by atoms with Gasteiger partial charge in [-0.05, 0) is 62.9 Å². The molecule has 0 bridgehead atoms. The van der Waals surface area contributed by atoms with Gasteiger partial charge >= 0.3 is 5.97 Å². The van der Waals surface area contributed by atoms with Crippen LogP contribution in [0, 0.1) is 29.6 Å². The third kappa shape index (κ3) is 3.27. The second-order valence-corrected chi connectivity index (χ2v) is 9.73. The molecule has 4 aliphatic rings. The summed E-state index contributed by atoms with van der Waals surface area (Å²) in [6.07, 6.45) is 3.72. The first-order valence-electron chi connectivity index (χ1n) is 10.6. The van der Waals surface area contributed by atoms with Crippen LogP contribution in [0.4, 0.5) is 0 Å². The summed E-state index contributed by atoms with van der Waals surface area (Å²) in [5.74, 6) is -1.72. The summed E-state index contributed by atoms with van der Waals surface area (Å²) in [4.78, 5) is 36.1. The second-order valence-electron chi connectivity index (χ2n) is 9.73. The summed E-state index contributed by atoms with van der Waals surface area (Å²) >= 11 is 0. The number of ketones is 2. The molecule has 4 aliphatic carbocycles. The molecular weight excluding hydrogens is 376 g/mol. The van der Waals surface area contributed by atoms with Gasteiger partial charge in [0.15, 0.2) is 11.6 Å². The highest BCUT2D eigenvalue weighted by atomic mass is 16.5. The number of allylic oxidation sites excluding steroid dienone is 1. The molecule has 3 N–H and O–H groups in total. The molecule has 7 nitrogen and oxygen atoms in total. The predicted molar refractivity (Wildman–Crippen MR) is 101 cm³/mol. The van der Waals surface area contributed by atoms with Gasteiger partial charge in [-0.2, -0.15) is 0 Å². The zero-order chi connectivity index (χ0) is 21.1. The maximum atomic E-state index is 12.2. The average Bonchev–Trinajstić information content (AvgIpc) is 3.15. The Hall–Kier alpha value is -1.57. The lowest BCUT2D eigenvalue weighted by molar-refractivity contribution is -0.178. The monoisotopic (exact) mass is 406 g/mol. The predicted octanol–water partition coefficient (Wildman–Crippen LogP) is 0.933. The number of ether oxygens (including phenoxy) is 1. The van der Waals surface area contributed by atoms with Crippen LogP contribution in [-0.4, -0.2) is 56.8 Å². The van der Waals surface area contributed by atoms with Crippen LogP contribution in [0.5, 0.6) is 0 Å². The smallest absolute Gasteiger partial charge is 0.302 e. The summed E-state index contributed by atoms with van der Waals surface area (Å²) in [7, 11) is 0. The topological polar surface area (TPSA) is 121 Å². The largest absolute Gasteiger partial charge is 0.462 e. The molecule has 8 atom stereocenters. The number of aliphatic hydroxyl groups excluding tert-OH is 1. The maximum absolute atomic E-state index is 12.2. The van der Waals surface area contributed by atoms with Gasteiger partial charge in [-0.15, -0.1) is 0 Å². The van der Waals surface area contributed by atoms with E-state index in [2.05, 4.69) is 0 Å². The van der Waals surface area contributed by atoms with Crippen molar-refractivity contribution < 1.29 is 34.4 Å². The quantitative estimate of drug-likeness (QED) is 0.596. The molecule has 29 heavy (non-hydrogen) atoms. The molecule has 0 aromatic rings. The summed E-state index contributed by atoms with van der Waals surface area (Å²) in [5, 5.41) is 31.9. The number of Topliss-reactive ketones (excluding diaryl/α,β-unsaturated/α-hetero) is 1. The minimum absolute atomic E-state index is 0.00564. The highest BCUT2D eigenvalue weighted by Crippen LogP contribution is 2.59. The van der Waals surface area contributed by atoms with E-state index in [9.17, 15) is 29.7 Å². The summed E-state index contributed by atoms with van der Waals surface area (Å²) in [5.41, 5.74) is -1.85. The molecule has 0 amide bonds. The first kappa shape index (κ1) is 20.7. The van der Waals surface area contributed by atoms with Gasteiger partial charge in [0, 0.05) is 25.2 Å². The standard InChI is InChI=1S/C22H30O7/c1-11(24)29-18-6-13-8-22(28,19(26)10-23)9-16(13)15-4-3-12-5-14(25)7-17(12)21(2,27)20(15)18/h5,13,15-18,20,23,27-28H,3-4,6-10H2,1-2H3/t13-,15+,16-,17+,18+,20-,21-,22+/m0/s1. The third-order valence-corrected chi connectivity index (χ3v) is 8.05. The van der Waals surface area contributed by atoms with Crippen LogP contribution in [0.2, 0.25) is 0 Å². The number of fused-ring (bicyclic) bond motifs is 4. The average molecular weight is 406 g/mol. The Morgan fingerprint density at radius 1 is 1.24 bits per heavy atom. The Kier molecular flexibility index (Phi) is 4.99. The minimum atomic E-state index is -1.57. The van der Waals surface area contributed by atoms with Crippen LogP contribution in [0.15, 0.2) is 11.6 Å². The molecule has 3 saturated carbocycles. The van der Waals surface area contributed by atoms with Crippen molar-refractivity contribution in [2.75, 3.05) is 6.61 Å². The molecule has 0 saturated heterocycles. The second kappa shape index (κ2) is 7.00. The van der Waals surface area contributed by atoms with Crippen molar-refractivity contribution in [2.45, 2.75) is 69.7 Å². The number of aliphatic hydroxyl groups is 3. The van der Waals surface area contributed by atoms with Gasteiger partial charge in [-0.1, -0.05) is 5.57 Å². The number of rotatable bonds is 3. The molecule has 0 unspecified atom stereocenters. The molecule has 0 spiro atoms. The van der Waals surface area contributed by atoms with Crippen molar-refractivity contribution >= 4 is 17.5 Å². The lowest BCUT2D eigenvalue weighted by atomic mass is 9.59. The molecule has 7 heteroatoms. The van der Waals surface area contributed by atoms with E-state index in [4.69, 9.17) is 4.74 Å². The summed E-state index contributed by atoms with van der Waals surface area (Å²) < 4.78 is 5.67. The Morgan fingerprint density at radius 2 is 1.97 bits per heavy atom. The van der Waals surface area contributed by atoms with Gasteiger partial charge in [0.1, 0.15) is 18.3 Å². The molecule has 0 heterocycles. The molecule has 0 aliphatic heterocycles. The van der Waals surface area contributed by atoms with Crippen LogP contribution in [0.25, 0.3) is 0 Å². The lowest BCUT2D eigenvalue weighted by Crippen LogP contribution is -2.55. The molecule has 0 radical (unpaired) electrons. The summed E-state index contributed by atoms with van der Waals surface area (Å²) in [6, 6.07) is 0. The van der Waals surface area contributed by atoms with E-state index < -0.39 is 35.7 Å². The Morgan fingerprint density at radius 3 is 2.62 bits per heavy atom. The van der Waals surface area contributed by atoms with E-state index in [1.165, 1.54) is 6.92 Å². The van der Waals surface area contributed by atoms with Gasteiger partial charge in [0.2, 0.25) is 0 Å². The fraction of sp³-hybridized carbons (Fsp3) is 0.773. The summed E-state index contributed by atoms with van der Waals surface area (Å²) in [6.45, 7) is 2.38. The van der Waals surface area contributed by atoms with Gasteiger partial charge in [0.25, 0.3) is 0 Å². The van der Waals surface area contributed by atoms with Crippen LogP contribution in [0.3, 0.4) is 0 Å². The zero-order valence-corrected chi connectivity index (χ0v) is 17.0. The number of esters is 1. The molecule has 4 rings (SSSR count). The van der Waals surface area contributed by atoms with E-state index in [0.29, 0.717) is 19.3 Å². The molecule has 0 aromatic heterocycles. The van der Waals surface area contributed by atoms with E-state index in [1.54, 1.807) is 13.0 Å². The van der Waals surface area contributed by atoms with Gasteiger partial charge in [-0.3, -0.25) is 14.4 Å². The lowest BCUT2D eigenvalue weighted by Gasteiger charge is -2.50. The fourth-order valence-corrected chi connectivity index (χ4v) is 6.98. The Balaban J connectivity index is 1.73. The van der Waals surface area contributed by atoms with Gasteiger partial charge in [-0.25, -0.2) is 0 Å². The fourth-order valence-electron chi connectivity index (χ4n) is 6.98. The van der Waals surface area contributed by atoms with Crippen molar-refractivity contribution in [3.8, 4) is 0 Å². The minimum Gasteiger partial charge on any atom is -0.462 e. The maximum Gasteiger partial charge on any atom is 0.302 e. The molecular formula is C22H30O7. The van der Waals surface area contributed by atoms with E-state index in [1.807, 2.05) is 0 Å². The normalized spacial score (nSPS) is 46.2. The number of hydrogen-bond donors (Lipinski definition) is 3. The van der Waals surface area contributed by atoms with Crippen LogP contribution in [-0.2, 0) is 19.1 Å². The van der Waals surface area contributed by atoms with Crippen molar-refractivity contribution in [3.05, 3.63) is 11.6 Å². The van der Waals surface area contributed by atoms with Crippen molar-refractivity contribution in [3.63, 3.8) is 0 Å². The van der Waals surface area contributed by atoms with Crippen LogP contribution < -0.4 is 0 Å². The number of carbonyl (C=O) groups is 3. The van der Waals surface area contributed by atoms with Crippen LogP contribution >= 0.6 is 0 Å². The number of carbonyl (C=O) groups excluding carboxylic acids is 3. The first-order chi connectivity index (χ1) is 13.6. The highest BCUT2D eigenvalue weighted by Gasteiger charge is 2.62. The highest BCUT2D eigenvalue weighted by molar-refractivity contribution is 5.93. The Labute approximate surface area is 170 Å². The van der Waals surface area contributed by atoms with Crippen molar-refractivity contribution in [1.29, 1.82) is 0 Å². The van der Waals surface area contributed by atoms with E-state index >= 15 is 0 Å². The van der Waals surface area contributed by atoms with Gasteiger partial charge < -0.3 is 20.1 Å². The molecule has 160 valence electrons. The third-order valence-electron chi connectivity index (χ3n) is 8.05. The first-order valence-corrected chi connectivity index (χ1v) is 10.6. The van der Waals surface area contributed by atoms with Crippen molar-refractivity contribution in [2.24, 2.45) is 29.6 Å². The Bertz CT molecular complexity index is 769. The molecule has 3 fully saturated rings. The molecule has 0 aromatic carbocycles. The zero-order valence-electron chi connectivity index (χ0n) is 17.0. The number of hydrogen-bond acceptors (Lipinski definition) is 7. The van der Waals surface area contributed by atoms with Crippen molar-refractivity contribution in [1.82, 2.24) is 0 Å². The van der Waals surface area contributed by atoms with Gasteiger partial charge in [0.05, 0.1) is 5.60 Å². The van der Waals surface area contributed by atoms with E-state index in [-0.39, 0.29) is 54.6 Å². The van der Waals surface area contributed by atoms with E-state index in [0.717, 1.165) is 5.57 Å². The SMILES string of the molecule is CC(=O)O[C@@H]1C[C@H]2C[C@](O)(C(=O)CO)C[C@@H]2[C@H]2CCC3=CC(=O)C[C@H]3[C@](C)(O)[C@@H]21.